The summed E-state index contributed by atoms with van der Waals surface area (Å²) in [6.07, 6.45) is 0.0156. The third-order valence-electron chi connectivity index (χ3n) is 2.59. The Balaban J connectivity index is 2.28. The highest BCUT2D eigenvalue weighted by Crippen LogP contribution is 2.22. The number of Topliss-reactive ketones (excluding diaryl/α,β-unsaturated/α-hetero) is 1. The second-order valence-corrected chi connectivity index (χ2v) is 6.50. The molecule has 0 saturated heterocycles. The highest BCUT2D eigenvalue weighted by Gasteiger charge is 2.14. The van der Waals surface area contributed by atoms with Crippen LogP contribution in [-0.2, 0) is 6.42 Å². The molecule has 2 aromatic rings. The fraction of sp³-hybridized carbons (Fsp3) is 0.0714. The first-order chi connectivity index (χ1) is 8.97. The third kappa shape index (κ3) is 3.77. The van der Waals surface area contributed by atoms with Crippen molar-refractivity contribution in [1.29, 1.82) is 0 Å². The fourth-order valence-corrected chi connectivity index (χ4v) is 2.76. The first-order valence-corrected chi connectivity index (χ1v) is 7.64. The van der Waals surface area contributed by atoms with Crippen LogP contribution in [0.2, 0.25) is 5.02 Å². The van der Waals surface area contributed by atoms with Gasteiger partial charge in [0.2, 0.25) is 0 Å². The first kappa shape index (κ1) is 14.9. The molecule has 2 rings (SSSR count). The molecule has 98 valence electrons. The van der Waals surface area contributed by atoms with Crippen LogP contribution in [0.25, 0.3) is 0 Å². The predicted molar refractivity (Wildman–Crippen MR) is 86.3 cm³/mol. The summed E-state index contributed by atoms with van der Waals surface area (Å²) < 4.78 is 15.3. The van der Waals surface area contributed by atoms with Gasteiger partial charge in [-0.2, -0.15) is 0 Å². The maximum atomic E-state index is 13.7. The van der Waals surface area contributed by atoms with Crippen LogP contribution in [0.3, 0.4) is 0 Å². The minimum atomic E-state index is -0.456. The van der Waals surface area contributed by atoms with E-state index in [9.17, 15) is 9.18 Å². The quantitative estimate of drug-likeness (QED) is 0.457. The van der Waals surface area contributed by atoms with Crippen molar-refractivity contribution < 1.29 is 9.18 Å². The zero-order chi connectivity index (χ0) is 14.0. The van der Waals surface area contributed by atoms with E-state index < -0.39 is 5.82 Å². The van der Waals surface area contributed by atoms with Crippen molar-refractivity contribution in [2.24, 2.45) is 0 Å². The van der Waals surface area contributed by atoms with Crippen molar-refractivity contribution in [3.63, 3.8) is 0 Å². The molecule has 0 fully saturated rings. The molecule has 0 heterocycles. The van der Waals surface area contributed by atoms with E-state index in [1.807, 2.05) is 12.1 Å². The van der Waals surface area contributed by atoms with Crippen molar-refractivity contribution >= 4 is 55.9 Å². The van der Waals surface area contributed by atoms with Crippen LogP contribution in [0.4, 0.5) is 4.39 Å². The molecule has 0 aliphatic carbocycles. The van der Waals surface area contributed by atoms with Gasteiger partial charge in [-0.25, -0.2) is 4.39 Å². The summed E-state index contributed by atoms with van der Waals surface area (Å²) >= 11 is 11.2. The van der Waals surface area contributed by atoms with Crippen LogP contribution in [0.1, 0.15) is 15.9 Å². The molecule has 19 heavy (non-hydrogen) atoms. The topological polar surface area (TPSA) is 17.1 Å². The first-order valence-electron chi connectivity index (χ1n) is 5.39. The van der Waals surface area contributed by atoms with Gasteiger partial charge in [-0.15, -0.1) is 0 Å². The molecule has 1 nitrogen and oxygen atoms in total. The zero-order valence-corrected chi connectivity index (χ0v) is 14.1. The van der Waals surface area contributed by atoms with Gasteiger partial charge in [0.1, 0.15) is 5.82 Å². The Labute approximate surface area is 137 Å². The summed E-state index contributed by atoms with van der Waals surface area (Å²) in [5.41, 5.74) is 0.904. The van der Waals surface area contributed by atoms with Gasteiger partial charge in [0.25, 0.3) is 0 Å². The number of rotatable bonds is 3. The number of carbonyl (C=O) groups is 1. The van der Waals surface area contributed by atoms with E-state index in [-0.39, 0.29) is 12.2 Å². The van der Waals surface area contributed by atoms with E-state index >= 15 is 0 Å². The van der Waals surface area contributed by atoms with Crippen molar-refractivity contribution in [3.8, 4) is 0 Å². The standard InChI is InChI=1S/C14H8BrClFIO/c15-12-4-3-10(18)7-11(12)14(19)5-8-1-2-9(16)6-13(8)17/h1-4,6-7H,5H2. The van der Waals surface area contributed by atoms with Crippen molar-refractivity contribution in [2.75, 3.05) is 0 Å². The lowest BCUT2D eigenvalue weighted by molar-refractivity contribution is 0.0991. The SMILES string of the molecule is O=C(Cc1ccc(Cl)cc1F)c1cc(I)ccc1Br. The van der Waals surface area contributed by atoms with Gasteiger partial charge in [-0.05, 0) is 58.5 Å². The predicted octanol–water partition coefficient (Wildman–Crippen LogP) is 5.27. The Kier molecular flexibility index (Phi) is 4.97. The summed E-state index contributed by atoms with van der Waals surface area (Å²) in [6.45, 7) is 0. The lowest BCUT2D eigenvalue weighted by Crippen LogP contribution is -2.06. The van der Waals surface area contributed by atoms with Gasteiger partial charge >= 0.3 is 0 Å². The molecule has 0 aliphatic heterocycles. The van der Waals surface area contributed by atoms with Crippen molar-refractivity contribution in [3.05, 3.63) is 66.4 Å². The van der Waals surface area contributed by atoms with Crippen LogP contribution in [-0.4, -0.2) is 5.78 Å². The maximum Gasteiger partial charge on any atom is 0.168 e. The smallest absolute Gasteiger partial charge is 0.168 e. The fourth-order valence-electron chi connectivity index (χ4n) is 1.64. The van der Waals surface area contributed by atoms with Gasteiger partial charge < -0.3 is 0 Å². The normalized spacial score (nSPS) is 10.5. The van der Waals surface area contributed by atoms with E-state index in [0.29, 0.717) is 20.6 Å². The van der Waals surface area contributed by atoms with E-state index in [4.69, 9.17) is 11.6 Å². The summed E-state index contributed by atoms with van der Waals surface area (Å²) in [4.78, 5) is 12.2. The molecule has 0 atom stereocenters. The van der Waals surface area contributed by atoms with Crippen molar-refractivity contribution in [1.82, 2.24) is 0 Å². The Morgan fingerprint density at radius 3 is 2.68 bits per heavy atom. The lowest BCUT2D eigenvalue weighted by atomic mass is 10.0. The third-order valence-corrected chi connectivity index (χ3v) is 4.19. The summed E-state index contributed by atoms with van der Waals surface area (Å²) in [7, 11) is 0. The highest BCUT2D eigenvalue weighted by molar-refractivity contribution is 14.1. The van der Waals surface area contributed by atoms with Gasteiger partial charge in [-0.1, -0.05) is 33.6 Å². The largest absolute Gasteiger partial charge is 0.294 e. The lowest BCUT2D eigenvalue weighted by Gasteiger charge is -2.06. The van der Waals surface area contributed by atoms with Gasteiger partial charge in [-0.3, -0.25) is 4.79 Å². The van der Waals surface area contributed by atoms with E-state index in [1.54, 1.807) is 12.1 Å². The van der Waals surface area contributed by atoms with Crippen LogP contribution in [0, 0.1) is 9.39 Å². The van der Waals surface area contributed by atoms with E-state index in [2.05, 4.69) is 38.5 Å². The molecule has 2 aromatic carbocycles. The molecule has 0 radical (unpaired) electrons. The summed E-state index contributed by atoms with van der Waals surface area (Å²) in [6, 6.07) is 9.82. The molecular weight excluding hydrogens is 445 g/mol. The molecule has 0 amide bonds. The van der Waals surface area contributed by atoms with Gasteiger partial charge in [0.05, 0.1) is 0 Å². The molecule has 0 aliphatic rings. The minimum Gasteiger partial charge on any atom is -0.294 e. The monoisotopic (exact) mass is 452 g/mol. The van der Waals surface area contributed by atoms with Crippen LogP contribution < -0.4 is 0 Å². The number of hydrogen-bond donors (Lipinski definition) is 0. The number of ketones is 1. The van der Waals surface area contributed by atoms with Crippen LogP contribution in [0.15, 0.2) is 40.9 Å². The van der Waals surface area contributed by atoms with Crippen LogP contribution in [0.5, 0.6) is 0 Å². The molecular formula is C14H8BrClFIO. The molecule has 5 heteroatoms. The van der Waals surface area contributed by atoms with Crippen molar-refractivity contribution in [2.45, 2.75) is 6.42 Å². The Morgan fingerprint density at radius 2 is 2.00 bits per heavy atom. The summed E-state index contributed by atoms with van der Waals surface area (Å²) in [5, 5.41) is 0.323. The second-order valence-electron chi connectivity index (χ2n) is 3.96. The molecule has 0 saturated carbocycles. The maximum absolute atomic E-state index is 13.7. The number of carbonyl (C=O) groups excluding carboxylic acids is 1. The molecule has 0 spiro atoms. The average molecular weight is 453 g/mol. The Morgan fingerprint density at radius 1 is 1.26 bits per heavy atom. The van der Waals surface area contributed by atoms with Crippen LogP contribution >= 0.6 is 50.1 Å². The Bertz CT molecular complexity index is 645. The minimum absolute atomic E-state index is 0.0156. The van der Waals surface area contributed by atoms with E-state index in [1.165, 1.54) is 12.1 Å². The molecule has 0 bridgehead atoms. The van der Waals surface area contributed by atoms with Gasteiger partial charge in [0.15, 0.2) is 5.78 Å². The Hall–Kier alpha value is -0.460. The van der Waals surface area contributed by atoms with E-state index in [0.717, 1.165) is 3.57 Å². The number of halogens is 4. The van der Waals surface area contributed by atoms with Gasteiger partial charge in [0, 0.05) is 25.0 Å². The number of benzene rings is 2. The molecule has 0 unspecified atom stereocenters. The number of hydrogen-bond acceptors (Lipinski definition) is 1. The molecule has 0 aromatic heterocycles. The second kappa shape index (κ2) is 6.33. The molecule has 0 N–H and O–H groups in total. The average Bonchev–Trinajstić information content (AvgIpc) is 2.35. The zero-order valence-electron chi connectivity index (χ0n) is 9.59. The highest BCUT2D eigenvalue weighted by atomic mass is 127. The summed E-state index contributed by atoms with van der Waals surface area (Å²) in [5.74, 6) is -0.589.